The Morgan fingerprint density at radius 2 is 1.85 bits per heavy atom. The molecule has 0 aliphatic carbocycles. The quantitative estimate of drug-likeness (QED) is 0.895. The van der Waals surface area contributed by atoms with Gasteiger partial charge >= 0.3 is 0 Å². The third kappa shape index (κ3) is 4.09. The molecule has 2 aromatic rings. The van der Waals surface area contributed by atoms with Crippen LogP contribution in [0.3, 0.4) is 0 Å². The summed E-state index contributed by atoms with van der Waals surface area (Å²) in [5, 5.41) is 3.25. The van der Waals surface area contributed by atoms with Gasteiger partial charge < -0.3 is 19.7 Å². The summed E-state index contributed by atoms with van der Waals surface area (Å²) in [4.78, 5) is 18.8. The third-order valence-electron chi connectivity index (χ3n) is 5.01. The zero-order chi connectivity index (χ0) is 18.7. The number of piperidine rings is 1. The van der Waals surface area contributed by atoms with E-state index in [1.807, 2.05) is 6.07 Å². The molecule has 2 aliphatic heterocycles. The molecule has 0 atom stereocenters. The largest absolute Gasteiger partial charge is 0.381 e. The first-order valence-electron chi connectivity index (χ1n) is 9.15. The number of rotatable bonds is 4. The normalized spacial score (nSPS) is 18.6. The van der Waals surface area contributed by atoms with Crippen LogP contribution in [-0.4, -0.2) is 47.9 Å². The van der Waals surface area contributed by atoms with Crippen LogP contribution in [0.25, 0.3) is 0 Å². The number of carbonyl (C=O) groups is 1. The number of anilines is 1. The van der Waals surface area contributed by atoms with Crippen molar-refractivity contribution in [3.05, 3.63) is 59.7 Å². The van der Waals surface area contributed by atoms with Crippen molar-refractivity contribution < 1.29 is 18.7 Å². The molecule has 142 valence electrons. The summed E-state index contributed by atoms with van der Waals surface area (Å²) in [5.74, 6) is -0.844. The molecule has 1 amide bonds. The van der Waals surface area contributed by atoms with Crippen LogP contribution in [-0.2, 0) is 16.0 Å². The fourth-order valence-corrected chi connectivity index (χ4v) is 3.46. The fraction of sp³-hybridized carbons (Fsp3) is 0.400. The van der Waals surface area contributed by atoms with Crippen molar-refractivity contribution >= 4 is 11.6 Å². The number of hydrogen-bond donors (Lipinski definition) is 1. The second-order valence-electron chi connectivity index (χ2n) is 6.81. The van der Waals surface area contributed by atoms with E-state index in [4.69, 9.17) is 9.47 Å². The number of nitrogens with one attached hydrogen (secondary N) is 1. The van der Waals surface area contributed by atoms with Crippen molar-refractivity contribution in [2.45, 2.75) is 25.2 Å². The Kier molecular flexibility index (Phi) is 5.05. The van der Waals surface area contributed by atoms with Crippen molar-refractivity contribution in [2.24, 2.45) is 0 Å². The molecule has 1 aromatic carbocycles. The number of carbonyl (C=O) groups excluding carboxylic acids is 1. The lowest BCUT2D eigenvalue weighted by molar-refractivity contribution is -0.181. The molecule has 0 saturated carbocycles. The molecule has 2 aliphatic rings. The first-order chi connectivity index (χ1) is 13.1. The molecule has 1 N–H and O–H groups in total. The van der Waals surface area contributed by atoms with E-state index in [0.717, 1.165) is 11.3 Å². The van der Waals surface area contributed by atoms with E-state index in [2.05, 4.69) is 10.3 Å². The highest BCUT2D eigenvalue weighted by atomic mass is 19.1. The maximum atomic E-state index is 13.0. The van der Waals surface area contributed by atoms with Gasteiger partial charge in [-0.05, 0) is 29.8 Å². The van der Waals surface area contributed by atoms with E-state index < -0.39 is 5.79 Å². The predicted octanol–water partition coefficient (Wildman–Crippen LogP) is 2.81. The number of nitrogens with zero attached hydrogens (tertiary/aromatic N) is 2. The molecule has 3 heterocycles. The number of benzene rings is 1. The first-order valence-corrected chi connectivity index (χ1v) is 9.15. The molecular formula is C20H22FN3O3. The molecule has 27 heavy (non-hydrogen) atoms. The van der Waals surface area contributed by atoms with Gasteiger partial charge in [-0.1, -0.05) is 12.1 Å². The second kappa shape index (κ2) is 7.62. The Balaban J connectivity index is 1.37. The summed E-state index contributed by atoms with van der Waals surface area (Å²) in [6.45, 7) is 2.97. The van der Waals surface area contributed by atoms with Crippen molar-refractivity contribution in [1.82, 2.24) is 9.88 Å². The minimum atomic E-state index is -0.497. The highest BCUT2D eigenvalue weighted by Crippen LogP contribution is 2.31. The highest BCUT2D eigenvalue weighted by molar-refractivity contribution is 5.93. The Bertz CT molecular complexity index is 796. The minimum Gasteiger partial charge on any atom is -0.381 e. The maximum absolute atomic E-state index is 13.0. The molecule has 6 nitrogen and oxygen atoms in total. The van der Waals surface area contributed by atoms with Crippen LogP contribution in [0.1, 0.15) is 28.9 Å². The molecule has 2 saturated heterocycles. The van der Waals surface area contributed by atoms with Crippen LogP contribution in [0.2, 0.25) is 0 Å². The van der Waals surface area contributed by atoms with Gasteiger partial charge in [-0.2, -0.15) is 0 Å². The lowest BCUT2D eigenvalue weighted by Crippen LogP contribution is -2.47. The van der Waals surface area contributed by atoms with Gasteiger partial charge in [0.1, 0.15) is 11.5 Å². The van der Waals surface area contributed by atoms with Gasteiger partial charge in [0.05, 0.1) is 13.2 Å². The van der Waals surface area contributed by atoms with E-state index in [9.17, 15) is 9.18 Å². The molecule has 7 heteroatoms. The van der Waals surface area contributed by atoms with Crippen LogP contribution in [0.5, 0.6) is 0 Å². The van der Waals surface area contributed by atoms with E-state index in [1.54, 1.807) is 29.3 Å². The van der Waals surface area contributed by atoms with Gasteiger partial charge in [0.2, 0.25) is 0 Å². The topological polar surface area (TPSA) is 63.7 Å². The Morgan fingerprint density at radius 3 is 2.56 bits per heavy atom. The van der Waals surface area contributed by atoms with Gasteiger partial charge in [0, 0.05) is 44.4 Å². The van der Waals surface area contributed by atoms with E-state index in [1.165, 1.54) is 12.1 Å². The van der Waals surface area contributed by atoms with Gasteiger partial charge in [-0.25, -0.2) is 4.39 Å². The van der Waals surface area contributed by atoms with Crippen molar-refractivity contribution in [3.63, 3.8) is 0 Å². The number of likely N-dealkylation sites (tertiary alicyclic amines) is 1. The minimum absolute atomic E-state index is 0.0896. The molecule has 2 fully saturated rings. The number of pyridine rings is 1. The van der Waals surface area contributed by atoms with Crippen LogP contribution < -0.4 is 5.32 Å². The Labute approximate surface area is 157 Å². The van der Waals surface area contributed by atoms with Crippen molar-refractivity contribution in [2.75, 3.05) is 31.6 Å². The number of aromatic nitrogens is 1. The van der Waals surface area contributed by atoms with Gasteiger partial charge in [-0.3, -0.25) is 9.78 Å². The summed E-state index contributed by atoms with van der Waals surface area (Å²) in [5.41, 5.74) is 2.16. The molecule has 0 radical (unpaired) electrons. The summed E-state index contributed by atoms with van der Waals surface area (Å²) >= 11 is 0. The number of halogens is 1. The SMILES string of the molecule is O=C(c1cc(NCc2ccc(F)cc2)ccn1)N1CCC2(CC1)OCCO2. The fourth-order valence-electron chi connectivity index (χ4n) is 3.46. The van der Waals surface area contributed by atoms with E-state index >= 15 is 0 Å². The van der Waals surface area contributed by atoms with Crippen molar-refractivity contribution in [1.29, 1.82) is 0 Å². The lowest BCUT2D eigenvalue weighted by Gasteiger charge is -2.37. The Morgan fingerprint density at radius 1 is 1.15 bits per heavy atom. The maximum Gasteiger partial charge on any atom is 0.272 e. The average Bonchev–Trinajstić information content (AvgIpc) is 3.16. The van der Waals surface area contributed by atoms with Gasteiger partial charge in [-0.15, -0.1) is 0 Å². The molecular weight excluding hydrogens is 349 g/mol. The van der Waals surface area contributed by atoms with Crippen LogP contribution >= 0.6 is 0 Å². The summed E-state index contributed by atoms with van der Waals surface area (Å²) in [6.07, 6.45) is 2.98. The summed E-state index contributed by atoms with van der Waals surface area (Å²) < 4.78 is 24.4. The first kappa shape index (κ1) is 17.9. The third-order valence-corrected chi connectivity index (χ3v) is 5.01. The molecule has 4 rings (SSSR count). The molecule has 0 unspecified atom stereocenters. The predicted molar refractivity (Wildman–Crippen MR) is 97.7 cm³/mol. The van der Waals surface area contributed by atoms with Crippen LogP contribution in [0, 0.1) is 5.82 Å². The van der Waals surface area contributed by atoms with E-state index in [-0.39, 0.29) is 11.7 Å². The standard InChI is InChI=1S/C20H22FN3O3/c21-16-3-1-15(2-4-16)14-23-17-5-8-22-18(13-17)19(25)24-9-6-20(7-10-24)26-11-12-27-20/h1-5,8,13H,6-7,9-12,14H2,(H,22,23). The summed E-state index contributed by atoms with van der Waals surface area (Å²) in [7, 11) is 0. The van der Waals surface area contributed by atoms with Crippen LogP contribution in [0.4, 0.5) is 10.1 Å². The number of hydrogen-bond acceptors (Lipinski definition) is 5. The lowest BCUT2D eigenvalue weighted by atomic mass is 10.0. The number of ether oxygens (including phenoxy) is 2. The second-order valence-corrected chi connectivity index (χ2v) is 6.81. The van der Waals surface area contributed by atoms with Gasteiger partial charge in [0.25, 0.3) is 5.91 Å². The van der Waals surface area contributed by atoms with E-state index in [0.29, 0.717) is 51.4 Å². The summed E-state index contributed by atoms with van der Waals surface area (Å²) in [6, 6.07) is 9.88. The highest BCUT2D eigenvalue weighted by Gasteiger charge is 2.41. The van der Waals surface area contributed by atoms with Crippen molar-refractivity contribution in [3.8, 4) is 0 Å². The molecule has 0 bridgehead atoms. The monoisotopic (exact) mass is 371 g/mol. The average molecular weight is 371 g/mol. The Hall–Kier alpha value is -2.51. The van der Waals surface area contributed by atoms with Crippen LogP contribution in [0.15, 0.2) is 42.6 Å². The number of amides is 1. The smallest absolute Gasteiger partial charge is 0.272 e. The molecule has 1 aromatic heterocycles. The van der Waals surface area contributed by atoms with Gasteiger partial charge in [0.15, 0.2) is 5.79 Å². The zero-order valence-electron chi connectivity index (χ0n) is 15.0. The zero-order valence-corrected chi connectivity index (χ0v) is 15.0. The molecule has 1 spiro atoms.